The van der Waals surface area contributed by atoms with E-state index in [2.05, 4.69) is 15.9 Å². The molecule has 0 bridgehead atoms. The van der Waals surface area contributed by atoms with E-state index < -0.39 is 17.7 Å². The Bertz CT molecular complexity index is 1000. The van der Waals surface area contributed by atoms with Gasteiger partial charge in [-0.15, -0.1) is 0 Å². The Morgan fingerprint density at radius 2 is 1.87 bits per heavy atom. The third-order valence-electron chi connectivity index (χ3n) is 4.94. The summed E-state index contributed by atoms with van der Waals surface area (Å²) in [4.78, 5) is 29.2. The molecule has 0 aliphatic carbocycles. The summed E-state index contributed by atoms with van der Waals surface area (Å²) in [7, 11) is 5.28. The zero-order valence-corrected chi connectivity index (χ0v) is 19.2. The molecule has 2 aromatic carbocycles. The molecule has 30 heavy (non-hydrogen) atoms. The van der Waals surface area contributed by atoms with Crippen LogP contribution in [0.3, 0.4) is 0 Å². The molecule has 0 aromatic heterocycles. The van der Waals surface area contributed by atoms with Crippen LogP contribution in [0, 0.1) is 0 Å². The van der Waals surface area contributed by atoms with Gasteiger partial charge in [-0.1, -0.05) is 39.7 Å². The Morgan fingerprint density at radius 3 is 2.43 bits per heavy atom. The van der Waals surface area contributed by atoms with Crippen molar-refractivity contribution in [3.63, 3.8) is 0 Å². The Labute approximate surface area is 188 Å². The summed E-state index contributed by atoms with van der Waals surface area (Å²) >= 11 is 9.60. The van der Waals surface area contributed by atoms with Crippen LogP contribution in [-0.4, -0.2) is 60.9 Å². The molecule has 1 aliphatic rings. The lowest BCUT2D eigenvalue weighted by atomic mass is 9.95. The molecule has 158 valence electrons. The Kier molecular flexibility index (Phi) is 6.85. The van der Waals surface area contributed by atoms with E-state index in [1.807, 2.05) is 43.3 Å². The molecule has 1 saturated heterocycles. The van der Waals surface area contributed by atoms with Gasteiger partial charge in [-0.3, -0.25) is 9.59 Å². The number of benzene rings is 2. The number of rotatable bonds is 6. The summed E-state index contributed by atoms with van der Waals surface area (Å²) in [6.45, 7) is 0.924. The first-order valence-electron chi connectivity index (χ1n) is 9.27. The lowest BCUT2D eigenvalue weighted by molar-refractivity contribution is -0.140. The van der Waals surface area contributed by atoms with Crippen molar-refractivity contribution in [2.75, 3.05) is 34.3 Å². The monoisotopic (exact) mass is 492 g/mol. The lowest BCUT2D eigenvalue weighted by Crippen LogP contribution is -2.35. The van der Waals surface area contributed by atoms with Crippen molar-refractivity contribution in [3.05, 3.63) is 68.7 Å². The Balaban J connectivity index is 2.14. The van der Waals surface area contributed by atoms with E-state index in [9.17, 15) is 14.7 Å². The molecule has 0 saturated carbocycles. The second kappa shape index (κ2) is 9.20. The number of carbonyl (C=O) groups is 2. The number of likely N-dealkylation sites (N-methyl/N-ethyl adjacent to an activating group) is 1. The molecule has 8 heteroatoms. The maximum atomic E-state index is 12.9. The first kappa shape index (κ1) is 22.3. The third-order valence-corrected chi connectivity index (χ3v) is 5.76. The maximum Gasteiger partial charge on any atom is 0.295 e. The SMILES string of the molecule is COc1ccc(C(O)=C2C(=O)C(=O)N(CCN(C)C)[C@@H]2c2ccc(Br)cc2)cc1Cl. The van der Waals surface area contributed by atoms with Crippen LogP contribution in [-0.2, 0) is 9.59 Å². The molecule has 1 heterocycles. The van der Waals surface area contributed by atoms with E-state index in [4.69, 9.17) is 16.3 Å². The van der Waals surface area contributed by atoms with Gasteiger partial charge in [0.25, 0.3) is 11.7 Å². The van der Waals surface area contributed by atoms with Crippen molar-refractivity contribution in [2.45, 2.75) is 6.04 Å². The minimum Gasteiger partial charge on any atom is -0.507 e. The number of carbonyl (C=O) groups excluding carboxylic acids is 2. The number of ether oxygens (including phenoxy) is 1. The van der Waals surface area contributed by atoms with Gasteiger partial charge in [0, 0.05) is 23.1 Å². The van der Waals surface area contributed by atoms with Gasteiger partial charge >= 0.3 is 0 Å². The third kappa shape index (κ3) is 4.38. The highest BCUT2D eigenvalue weighted by Gasteiger charge is 2.45. The number of hydrogen-bond donors (Lipinski definition) is 1. The number of ketones is 1. The van der Waals surface area contributed by atoms with Crippen molar-refractivity contribution in [3.8, 4) is 5.75 Å². The number of Topliss-reactive ketones (excluding diaryl/α,β-unsaturated/α-hetero) is 1. The number of aliphatic hydroxyl groups excluding tert-OH is 1. The van der Waals surface area contributed by atoms with Gasteiger partial charge in [-0.25, -0.2) is 0 Å². The van der Waals surface area contributed by atoms with E-state index in [0.717, 1.165) is 10.0 Å². The topological polar surface area (TPSA) is 70.1 Å². The van der Waals surface area contributed by atoms with E-state index in [1.165, 1.54) is 18.1 Å². The van der Waals surface area contributed by atoms with Crippen LogP contribution in [0.4, 0.5) is 0 Å². The van der Waals surface area contributed by atoms with Crippen LogP contribution in [0.1, 0.15) is 17.2 Å². The highest BCUT2D eigenvalue weighted by atomic mass is 79.9. The number of halogens is 2. The number of methoxy groups -OCH3 is 1. The summed E-state index contributed by atoms with van der Waals surface area (Å²) in [5, 5.41) is 11.3. The fourth-order valence-electron chi connectivity index (χ4n) is 3.38. The Morgan fingerprint density at radius 1 is 1.20 bits per heavy atom. The summed E-state index contributed by atoms with van der Waals surface area (Å²) in [5.41, 5.74) is 1.12. The van der Waals surface area contributed by atoms with E-state index in [1.54, 1.807) is 12.1 Å². The second-order valence-electron chi connectivity index (χ2n) is 7.20. The van der Waals surface area contributed by atoms with Crippen molar-refractivity contribution < 1.29 is 19.4 Å². The van der Waals surface area contributed by atoms with Crippen molar-refractivity contribution in [1.82, 2.24) is 9.80 Å². The zero-order valence-electron chi connectivity index (χ0n) is 16.9. The van der Waals surface area contributed by atoms with Gasteiger partial charge < -0.3 is 19.6 Å². The average molecular weight is 494 g/mol. The molecule has 0 radical (unpaired) electrons. The van der Waals surface area contributed by atoms with E-state index in [-0.39, 0.29) is 11.3 Å². The number of likely N-dealkylation sites (tertiary alicyclic amines) is 1. The number of aliphatic hydroxyl groups is 1. The Hall–Kier alpha value is -2.35. The van der Waals surface area contributed by atoms with E-state index >= 15 is 0 Å². The van der Waals surface area contributed by atoms with Crippen molar-refractivity contribution in [1.29, 1.82) is 0 Å². The molecule has 2 aromatic rings. The standard InChI is InChI=1S/C22H22BrClN2O4/c1-25(2)10-11-26-19(13-4-7-15(23)8-5-13)18(21(28)22(26)29)20(27)14-6-9-17(30-3)16(24)12-14/h4-9,12,19,27H,10-11H2,1-3H3/t19-/m1/s1. The van der Waals surface area contributed by atoms with Crippen LogP contribution in [0.25, 0.3) is 5.76 Å². The van der Waals surface area contributed by atoms with Gasteiger partial charge in [0.2, 0.25) is 0 Å². The second-order valence-corrected chi connectivity index (χ2v) is 8.52. The zero-order chi connectivity index (χ0) is 22.0. The van der Waals surface area contributed by atoms with Crippen LogP contribution in [0.15, 0.2) is 52.5 Å². The van der Waals surface area contributed by atoms with Crippen molar-refractivity contribution >= 4 is 45.0 Å². The molecule has 1 amide bonds. The first-order valence-corrected chi connectivity index (χ1v) is 10.4. The minimum absolute atomic E-state index is 0.0438. The number of amides is 1. The normalized spacial score (nSPS) is 18.3. The maximum absolute atomic E-state index is 12.9. The first-order chi connectivity index (χ1) is 14.2. The fourth-order valence-corrected chi connectivity index (χ4v) is 3.90. The molecule has 6 nitrogen and oxygen atoms in total. The van der Waals surface area contributed by atoms with Gasteiger partial charge in [0.1, 0.15) is 11.5 Å². The largest absolute Gasteiger partial charge is 0.507 e. The molecular formula is C22H22BrClN2O4. The molecule has 3 rings (SSSR count). The predicted molar refractivity (Wildman–Crippen MR) is 120 cm³/mol. The lowest BCUT2D eigenvalue weighted by Gasteiger charge is -2.26. The molecule has 1 N–H and O–H groups in total. The minimum atomic E-state index is -0.717. The van der Waals surface area contributed by atoms with Crippen LogP contribution >= 0.6 is 27.5 Å². The highest BCUT2D eigenvalue weighted by Crippen LogP contribution is 2.40. The summed E-state index contributed by atoms with van der Waals surface area (Å²) in [6, 6.07) is 11.4. The average Bonchev–Trinajstić information content (AvgIpc) is 2.96. The van der Waals surface area contributed by atoms with Crippen LogP contribution < -0.4 is 4.74 Å². The number of nitrogens with zero attached hydrogens (tertiary/aromatic N) is 2. The summed E-state index contributed by atoms with van der Waals surface area (Å²) in [6.07, 6.45) is 0. The molecule has 1 fully saturated rings. The van der Waals surface area contributed by atoms with Gasteiger partial charge in [-0.2, -0.15) is 0 Å². The quantitative estimate of drug-likeness (QED) is 0.373. The van der Waals surface area contributed by atoms with E-state index in [0.29, 0.717) is 29.4 Å². The van der Waals surface area contributed by atoms with Gasteiger partial charge in [0.15, 0.2) is 0 Å². The smallest absolute Gasteiger partial charge is 0.295 e. The summed E-state index contributed by atoms with van der Waals surface area (Å²) < 4.78 is 6.02. The molecule has 1 atom stereocenters. The van der Waals surface area contributed by atoms with Gasteiger partial charge in [0.05, 0.1) is 23.7 Å². The molecule has 0 unspecified atom stereocenters. The van der Waals surface area contributed by atoms with Gasteiger partial charge in [-0.05, 0) is 50.0 Å². The predicted octanol–water partition coefficient (Wildman–Crippen LogP) is 4.09. The molecule has 0 spiro atoms. The van der Waals surface area contributed by atoms with Crippen LogP contribution in [0.2, 0.25) is 5.02 Å². The van der Waals surface area contributed by atoms with Crippen LogP contribution in [0.5, 0.6) is 5.75 Å². The fraction of sp³-hybridized carbons (Fsp3) is 0.273. The number of hydrogen-bond acceptors (Lipinski definition) is 5. The summed E-state index contributed by atoms with van der Waals surface area (Å²) in [5.74, 6) is -1.17. The molecular weight excluding hydrogens is 472 g/mol. The molecule has 1 aliphatic heterocycles. The highest BCUT2D eigenvalue weighted by molar-refractivity contribution is 9.10. The van der Waals surface area contributed by atoms with Crippen molar-refractivity contribution in [2.24, 2.45) is 0 Å².